The molecular weight excluding hydrogens is 366 g/mol. The van der Waals surface area contributed by atoms with Crippen LogP contribution in [-0.2, 0) is 16.0 Å². The van der Waals surface area contributed by atoms with E-state index in [0.717, 1.165) is 50.5 Å². The minimum Gasteiger partial charge on any atom is -0.484 e. The number of benzene rings is 1. The van der Waals surface area contributed by atoms with Crippen LogP contribution in [0.25, 0.3) is 0 Å². The van der Waals surface area contributed by atoms with Crippen molar-refractivity contribution in [1.82, 2.24) is 10.6 Å². The van der Waals surface area contributed by atoms with Gasteiger partial charge in [-0.2, -0.15) is 0 Å². The second kappa shape index (κ2) is 10.5. The van der Waals surface area contributed by atoms with Crippen molar-refractivity contribution in [3.05, 3.63) is 29.8 Å². The third-order valence-corrected chi connectivity index (χ3v) is 5.03. The lowest BCUT2D eigenvalue weighted by Gasteiger charge is -2.25. The predicted octanol–water partition coefficient (Wildman–Crippen LogP) is 1.94. The molecule has 2 saturated carbocycles. The summed E-state index contributed by atoms with van der Waals surface area (Å²) in [5.41, 5.74) is 7.08. The third kappa shape index (κ3) is 7.39. The maximum Gasteiger partial charge on any atom is 0.258 e. The number of carbonyl (C=O) groups excluding carboxylic acids is 2. The quantitative estimate of drug-likeness (QED) is 0.627. The molecule has 6 nitrogen and oxygen atoms in total. The van der Waals surface area contributed by atoms with Crippen LogP contribution in [0.2, 0.25) is 0 Å². The molecule has 0 bridgehead atoms. The zero-order chi connectivity index (χ0) is 18.4. The Morgan fingerprint density at radius 2 is 1.85 bits per heavy atom. The van der Waals surface area contributed by atoms with Gasteiger partial charge >= 0.3 is 0 Å². The van der Waals surface area contributed by atoms with Gasteiger partial charge in [-0.05, 0) is 56.2 Å². The molecule has 27 heavy (non-hydrogen) atoms. The Hall–Kier alpha value is -1.79. The second-order valence-electron chi connectivity index (χ2n) is 7.44. The van der Waals surface area contributed by atoms with Crippen LogP contribution in [0.5, 0.6) is 5.75 Å². The van der Waals surface area contributed by atoms with Crippen LogP contribution in [0.4, 0.5) is 0 Å². The molecule has 0 aromatic heterocycles. The monoisotopic (exact) mass is 395 g/mol. The van der Waals surface area contributed by atoms with Crippen LogP contribution >= 0.6 is 12.4 Å². The van der Waals surface area contributed by atoms with Gasteiger partial charge in [0.15, 0.2) is 6.61 Å². The Kier molecular flexibility index (Phi) is 8.38. The van der Waals surface area contributed by atoms with Gasteiger partial charge in [-0.3, -0.25) is 9.59 Å². The van der Waals surface area contributed by atoms with E-state index in [1.54, 1.807) is 0 Å². The summed E-state index contributed by atoms with van der Waals surface area (Å²) in [6.45, 7) is 0.671. The zero-order valence-corrected chi connectivity index (χ0v) is 16.4. The maximum atomic E-state index is 12.2. The van der Waals surface area contributed by atoms with Crippen LogP contribution in [0, 0.1) is 5.92 Å². The smallest absolute Gasteiger partial charge is 0.258 e. The summed E-state index contributed by atoms with van der Waals surface area (Å²) in [5.74, 6) is 0.805. The van der Waals surface area contributed by atoms with Crippen LogP contribution in [0.3, 0.4) is 0 Å². The number of halogens is 1. The average Bonchev–Trinajstić information content (AvgIpc) is 3.45. The lowest BCUT2D eigenvalue weighted by molar-refractivity contribution is -0.126. The fourth-order valence-electron chi connectivity index (χ4n) is 3.34. The summed E-state index contributed by atoms with van der Waals surface area (Å²) in [5, 5.41) is 5.91. The number of amides is 2. The zero-order valence-electron chi connectivity index (χ0n) is 15.6. The Morgan fingerprint density at radius 1 is 1.11 bits per heavy atom. The fourth-order valence-corrected chi connectivity index (χ4v) is 3.34. The van der Waals surface area contributed by atoms with Gasteiger partial charge in [-0.25, -0.2) is 0 Å². The highest BCUT2D eigenvalue weighted by atomic mass is 35.5. The number of nitrogens with one attached hydrogen (secondary N) is 2. The minimum atomic E-state index is -0.0679. The molecule has 7 heteroatoms. The van der Waals surface area contributed by atoms with Gasteiger partial charge in [0.2, 0.25) is 5.91 Å². The van der Waals surface area contributed by atoms with E-state index in [-0.39, 0.29) is 42.8 Å². The van der Waals surface area contributed by atoms with Crippen molar-refractivity contribution < 1.29 is 14.3 Å². The highest BCUT2D eigenvalue weighted by Gasteiger charge is 2.25. The van der Waals surface area contributed by atoms with E-state index in [2.05, 4.69) is 10.6 Å². The second-order valence-corrected chi connectivity index (χ2v) is 7.44. The summed E-state index contributed by atoms with van der Waals surface area (Å²) >= 11 is 0. The van der Waals surface area contributed by atoms with Crippen molar-refractivity contribution in [1.29, 1.82) is 0 Å². The predicted molar refractivity (Wildman–Crippen MR) is 107 cm³/mol. The molecule has 1 aromatic rings. The van der Waals surface area contributed by atoms with Crippen molar-refractivity contribution in [2.45, 2.75) is 57.0 Å². The van der Waals surface area contributed by atoms with E-state index in [0.29, 0.717) is 18.3 Å². The van der Waals surface area contributed by atoms with E-state index in [1.807, 2.05) is 24.3 Å². The minimum absolute atomic E-state index is 0. The molecule has 0 aliphatic heterocycles. The molecule has 0 heterocycles. The first-order valence-electron chi connectivity index (χ1n) is 9.64. The van der Waals surface area contributed by atoms with Crippen molar-refractivity contribution in [3.63, 3.8) is 0 Å². The van der Waals surface area contributed by atoms with Crippen LogP contribution in [0.1, 0.15) is 44.1 Å². The molecule has 3 rings (SSSR count). The van der Waals surface area contributed by atoms with Crippen molar-refractivity contribution >= 4 is 24.2 Å². The molecule has 0 spiro atoms. The van der Waals surface area contributed by atoms with Gasteiger partial charge in [-0.1, -0.05) is 18.6 Å². The van der Waals surface area contributed by atoms with E-state index < -0.39 is 0 Å². The highest BCUT2D eigenvalue weighted by molar-refractivity contribution is 5.85. The number of ether oxygens (including phenoxy) is 1. The van der Waals surface area contributed by atoms with Gasteiger partial charge in [0.05, 0.1) is 0 Å². The molecule has 1 aromatic carbocycles. The molecule has 2 fully saturated rings. The summed E-state index contributed by atoms with van der Waals surface area (Å²) < 4.78 is 5.49. The van der Waals surface area contributed by atoms with E-state index in [9.17, 15) is 9.59 Å². The van der Waals surface area contributed by atoms with Gasteiger partial charge < -0.3 is 21.1 Å². The Balaban J connectivity index is 0.00000261. The molecule has 0 radical (unpaired) electrons. The van der Waals surface area contributed by atoms with Crippen molar-refractivity contribution in [2.75, 3.05) is 13.2 Å². The van der Waals surface area contributed by atoms with Crippen molar-refractivity contribution in [3.8, 4) is 5.75 Å². The van der Waals surface area contributed by atoms with Gasteiger partial charge in [-0.15, -0.1) is 12.4 Å². The lowest BCUT2D eigenvalue weighted by atomic mass is 9.85. The first-order chi connectivity index (χ1) is 12.6. The summed E-state index contributed by atoms with van der Waals surface area (Å²) in [6.07, 6.45) is 6.73. The normalized spacial score (nSPS) is 21.7. The molecule has 2 aliphatic rings. The Labute approximate surface area is 167 Å². The average molecular weight is 396 g/mol. The molecule has 2 atom stereocenters. The number of rotatable bonds is 8. The molecule has 0 saturated heterocycles. The number of hydrogen-bond donors (Lipinski definition) is 3. The van der Waals surface area contributed by atoms with Crippen LogP contribution < -0.4 is 21.1 Å². The van der Waals surface area contributed by atoms with E-state index >= 15 is 0 Å². The summed E-state index contributed by atoms with van der Waals surface area (Å²) in [6, 6.07) is 8.18. The molecule has 2 unspecified atom stereocenters. The first kappa shape index (κ1) is 21.5. The number of nitrogens with two attached hydrogens (primary N) is 1. The van der Waals surface area contributed by atoms with Crippen LogP contribution in [0.15, 0.2) is 24.3 Å². The molecular formula is C20H30ClN3O3. The highest BCUT2D eigenvalue weighted by Crippen LogP contribution is 2.23. The molecule has 4 N–H and O–H groups in total. The largest absolute Gasteiger partial charge is 0.484 e. The summed E-state index contributed by atoms with van der Waals surface area (Å²) in [7, 11) is 0. The maximum absolute atomic E-state index is 12.2. The first-order valence-corrected chi connectivity index (χ1v) is 9.64. The molecule has 2 aliphatic carbocycles. The fraction of sp³-hybridized carbons (Fsp3) is 0.600. The lowest BCUT2D eigenvalue weighted by Crippen LogP contribution is -2.38. The van der Waals surface area contributed by atoms with Crippen molar-refractivity contribution in [2.24, 2.45) is 11.7 Å². The number of carbonyl (C=O) groups is 2. The topological polar surface area (TPSA) is 93.5 Å². The van der Waals surface area contributed by atoms with Gasteiger partial charge in [0, 0.05) is 24.5 Å². The Bertz CT molecular complexity index is 619. The van der Waals surface area contributed by atoms with E-state index in [4.69, 9.17) is 10.5 Å². The van der Waals surface area contributed by atoms with Gasteiger partial charge in [0.25, 0.3) is 5.91 Å². The summed E-state index contributed by atoms with van der Waals surface area (Å²) in [4.78, 5) is 23.8. The SMILES string of the molecule is Cl.NC1CCCC(C(=O)NCCc2ccc(OCC(=O)NC3CC3)cc2)C1. The van der Waals surface area contributed by atoms with Gasteiger partial charge in [0.1, 0.15) is 5.75 Å². The number of hydrogen-bond acceptors (Lipinski definition) is 4. The third-order valence-electron chi connectivity index (χ3n) is 5.03. The van der Waals surface area contributed by atoms with Crippen LogP contribution in [-0.4, -0.2) is 37.0 Å². The standard InChI is InChI=1S/C20H29N3O3.ClH/c21-16-3-1-2-15(12-16)20(25)22-11-10-14-4-8-18(9-5-14)26-13-19(24)23-17-6-7-17;/h4-5,8-9,15-17H,1-3,6-7,10-13,21H2,(H,22,25)(H,23,24);1H. The Morgan fingerprint density at radius 3 is 2.52 bits per heavy atom. The molecule has 150 valence electrons. The molecule has 2 amide bonds. The van der Waals surface area contributed by atoms with E-state index in [1.165, 1.54) is 0 Å².